The summed E-state index contributed by atoms with van der Waals surface area (Å²) in [5.41, 5.74) is 4.19. The quantitative estimate of drug-likeness (QED) is 0.238. The molecule has 10 heteroatoms. The number of carbonyl (C=O) groups is 2. The number of rotatable bonds is 11. The van der Waals surface area contributed by atoms with Gasteiger partial charge < -0.3 is 34.4 Å². The normalized spacial score (nSPS) is 23.9. The molecule has 3 aromatic carbocycles. The number of nitrogens with zero attached hydrogens (tertiary/aromatic N) is 2. The lowest BCUT2D eigenvalue weighted by Crippen LogP contribution is -2.62. The van der Waals surface area contributed by atoms with E-state index in [2.05, 4.69) is 34.7 Å². The number of oxime groups is 1. The molecular formula is C36H43N3O7. The number of carbonyl (C=O) groups excluding carboxylic acids is 2. The first-order valence-corrected chi connectivity index (χ1v) is 15.7. The van der Waals surface area contributed by atoms with Crippen LogP contribution in [0.2, 0.25) is 0 Å². The molecule has 2 aliphatic rings. The molecule has 0 radical (unpaired) electrons. The van der Waals surface area contributed by atoms with E-state index in [4.69, 9.17) is 19.0 Å². The molecule has 2 amide bonds. The average Bonchev–Trinajstić information content (AvgIpc) is 3.23. The number of aliphatic hydroxyl groups excluding tert-OH is 1. The lowest BCUT2D eigenvalue weighted by atomic mass is 9.99. The van der Waals surface area contributed by atoms with Gasteiger partial charge >= 0.3 is 0 Å². The number of hydrogen-bond donors (Lipinski definition) is 2. The molecule has 5 rings (SSSR count). The van der Waals surface area contributed by atoms with Gasteiger partial charge in [-0.1, -0.05) is 90.1 Å². The highest BCUT2D eigenvalue weighted by molar-refractivity contribution is 5.90. The van der Waals surface area contributed by atoms with Crippen molar-refractivity contribution in [2.45, 2.75) is 82.5 Å². The van der Waals surface area contributed by atoms with Gasteiger partial charge in [-0.2, -0.15) is 0 Å². The Kier molecular flexibility index (Phi) is 11.2. The number of benzene rings is 3. The minimum Gasteiger partial charge on any atom is -0.391 e. The SMILES string of the molecule is CO[C@@H](C(=O)N[C@H]1CCCCN(Cc2ccc(-c3ccccc3)cc2)C1=O)[C@@H]1OC(C)(C)O[C@H](/C=N/OCc2ccccc2)[C@@H]1O. The van der Waals surface area contributed by atoms with E-state index in [1.54, 1.807) is 18.7 Å². The molecule has 3 aromatic rings. The van der Waals surface area contributed by atoms with Crippen molar-refractivity contribution >= 4 is 18.0 Å². The predicted molar refractivity (Wildman–Crippen MR) is 173 cm³/mol. The third-order valence-corrected chi connectivity index (χ3v) is 8.21. The van der Waals surface area contributed by atoms with E-state index in [0.717, 1.165) is 35.1 Å². The standard InChI is InChI=1S/C36H43N3O7/c1-36(2)45-30(22-37-44-24-26-12-6-4-7-13-26)31(40)32(46-36)33(43-3)34(41)38-29-16-10-11-21-39(35(29)42)23-25-17-19-28(20-18-25)27-14-8-5-9-15-27/h4-9,12-15,17-20,22,29-33,40H,10-11,16,21,23-24H2,1-3H3,(H,38,41)/b37-22+/t29-,30+,31-,32+,33+/m0/s1. The Bertz CT molecular complexity index is 1450. The molecule has 2 saturated heterocycles. The van der Waals surface area contributed by atoms with Crippen molar-refractivity contribution in [3.63, 3.8) is 0 Å². The number of nitrogens with one attached hydrogen (secondary N) is 1. The lowest BCUT2D eigenvalue weighted by molar-refractivity contribution is -0.329. The zero-order chi connectivity index (χ0) is 32.5. The van der Waals surface area contributed by atoms with Gasteiger partial charge in [0.2, 0.25) is 5.91 Å². The summed E-state index contributed by atoms with van der Waals surface area (Å²) in [5, 5.41) is 18.1. The minimum absolute atomic E-state index is 0.151. The highest BCUT2D eigenvalue weighted by Crippen LogP contribution is 2.30. The fraction of sp³-hybridized carbons (Fsp3) is 0.417. The highest BCUT2D eigenvalue weighted by Gasteiger charge is 2.48. The second-order valence-corrected chi connectivity index (χ2v) is 12.1. The van der Waals surface area contributed by atoms with Gasteiger partial charge in [-0.25, -0.2) is 0 Å². The van der Waals surface area contributed by atoms with Gasteiger partial charge in [-0.15, -0.1) is 0 Å². The zero-order valence-corrected chi connectivity index (χ0v) is 26.6. The largest absolute Gasteiger partial charge is 0.391 e. The molecule has 10 nitrogen and oxygen atoms in total. The van der Waals surface area contributed by atoms with Crippen LogP contribution in [0.5, 0.6) is 0 Å². The van der Waals surface area contributed by atoms with Crippen molar-refractivity contribution < 1.29 is 33.7 Å². The molecule has 0 aliphatic carbocycles. The molecule has 2 aliphatic heterocycles. The van der Waals surface area contributed by atoms with Gasteiger partial charge in [0, 0.05) is 20.2 Å². The van der Waals surface area contributed by atoms with Crippen LogP contribution in [0.1, 0.15) is 44.2 Å². The molecule has 2 fully saturated rings. The van der Waals surface area contributed by atoms with Gasteiger partial charge in [0.15, 0.2) is 11.9 Å². The summed E-state index contributed by atoms with van der Waals surface area (Å²) >= 11 is 0. The van der Waals surface area contributed by atoms with Crippen LogP contribution >= 0.6 is 0 Å². The van der Waals surface area contributed by atoms with Gasteiger partial charge in [0.1, 0.15) is 31.0 Å². The summed E-state index contributed by atoms with van der Waals surface area (Å²) in [5.74, 6) is -1.86. The van der Waals surface area contributed by atoms with Crippen LogP contribution < -0.4 is 5.32 Å². The Balaban J connectivity index is 1.21. The van der Waals surface area contributed by atoms with E-state index in [1.165, 1.54) is 13.3 Å². The first kappa shape index (κ1) is 33.3. The molecule has 0 bridgehead atoms. The molecule has 0 aromatic heterocycles. The van der Waals surface area contributed by atoms with Crippen molar-refractivity contribution in [2.24, 2.45) is 5.16 Å². The summed E-state index contributed by atoms with van der Waals surface area (Å²) in [6.45, 7) is 4.65. The maximum atomic E-state index is 13.7. The second kappa shape index (κ2) is 15.5. The van der Waals surface area contributed by atoms with Crippen molar-refractivity contribution in [1.29, 1.82) is 0 Å². The molecule has 0 spiro atoms. The van der Waals surface area contributed by atoms with Crippen LogP contribution in [0.3, 0.4) is 0 Å². The molecule has 0 unspecified atom stereocenters. The van der Waals surface area contributed by atoms with E-state index in [-0.39, 0.29) is 12.5 Å². The Morgan fingerprint density at radius 1 is 1.00 bits per heavy atom. The molecule has 0 saturated carbocycles. The second-order valence-electron chi connectivity index (χ2n) is 12.1. The van der Waals surface area contributed by atoms with Crippen LogP contribution in [0.15, 0.2) is 90.1 Å². The Hall–Kier alpha value is -4.09. The minimum atomic E-state index is -1.30. The van der Waals surface area contributed by atoms with Crippen LogP contribution in [0.4, 0.5) is 0 Å². The monoisotopic (exact) mass is 629 g/mol. The van der Waals surface area contributed by atoms with E-state index in [9.17, 15) is 14.7 Å². The van der Waals surface area contributed by atoms with Crippen molar-refractivity contribution in [3.05, 3.63) is 96.1 Å². The van der Waals surface area contributed by atoms with Gasteiger partial charge in [0.25, 0.3) is 5.91 Å². The van der Waals surface area contributed by atoms with E-state index in [0.29, 0.717) is 19.5 Å². The fourth-order valence-electron chi connectivity index (χ4n) is 5.85. The van der Waals surface area contributed by atoms with Crippen molar-refractivity contribution in [1.82, 2.24) is 10.2 Å². The zero-order valence-electron chi connectivity index (χ0n) is 26.6. The average molecular weight is 630 g/mol. The van der Waals surface area contributed by atoms with Gasteiger partial charge in [-0.05, 0) is 55.4 Å². The number of likely N-dealkylation sites (tertiary alicyclic amines) is 1. The summed E-state index contributed by atoms with van der Waals surface area (Å²) in [6, 6.07) is 27.1. The summed E-state index contributed by atoms with van der Waals surface area (Å²) in [7, 11) is 1.37. The molecule has 244 valence electrons. The predicted octanol–water partition coefficient (Wildman–Crippen LogP) is 4.45. The van der Waals surface area contributed by atoms with Crippen LogP contribution in [-0.2, 0) is 41.8 Å². The highest BCUT2D eigenvalue weighted by atomic mass is 16.7. The number of amides is 2. The maximum Gasteiger partial charge on any atom is 0.252 e. The topological polar surface area (TPSA) is 119 Å². The van der Waals surface area contributed by atoms with E-state index < -0.39 is 42.2 Å². The van der Waals surface area contributed by atoms with Crippen LogP contribution in [-0.4, -0.2) is 77.9 Å². The lowest BCUT2D eigenvalue weighted by Gasteiger charge is -2.44. The van der Waals surface area contributed by atoms with Crippen LogP contribution in [0, 0.1) is 0 Å². The number of ether oxygens (including phenoxy) is 3. The number of methoxy groups -OCH3 is 1. The molecule has 2 N–H and O–H groups in total. The first-order valence-electron chi connectivity index (χ1n) is 15.7. The van der Waals surface area contributed by atoms with Crippen LogP contribution in [0.25, 0.3) is 11.1 Å². The number of aliphatic hydroxyl groups is 1. The van der Waals surface area contributed by atoms with Crippen molar-refractivity contribution in [2.75, 3.05) is 13.7 Å². The molecule has 2 heterocycles. The van der Waals surface area contributed by atoms with E-state index >= 15 is 0 Å². The summed E-state index contributed by atoms with van der Waals surface area (Å²) < 4.78 is 17.4. The smallest absolute Gasteiger partial charge is 0.252 e. The van der Waals surface area contributed by atoms with Gasteiger partial charge in [0.05, 0.1) is 6.21 Å². The maximum absolute atomic E-state index is 13.7. The summed E-state index contributed by atoms with van der Waals surface area (Å²) in [4.78, 5) is 34.5. The molecule has 5 atom stereocenters. The van der Waals surface area contributed by atoms with Gasteiger partial charge in [-0.3, -0.25) is 9.59 Å². The number of hydrogen-bond acceptors (Lipinski definition) is 8. The first-order chi connectivity index (χ1) is 22.2. The molecule has 46 heavy (non-hydrogen) atoms. The Morgan fingerprint density at radius 3 is 2.37 bits per heavy atom. The molecular weight excluding hydrogens is 586 g/mol. The van der Waals surface area contributed by atoms with Crippen molar-refractivity contribution in [3.8, 4) is 11.1 Å². The third kappa shape index (κ3) is 8.58. The Morgan fingerprint density at radius 2 is 1.67 bits per heavy atom. The van der Waals surface area contributed by atoms with E-state index in [1.807, 2.05) is 60.7 Å². The summed E-state index contributed by atoms with van der Waals surface area (Å²) in [6.07, 6.45) is -1.07. The Labute approximate surface area is 270 Å². The fourth-order valence-corrected chi connectivity index (χ4v) is 5.85. The third-order valence-electron chi connectivity index (χ3n) is 8.21.